The van der Waals surface area contributed by atoms with Crippen LogP contribution in [0.25, 0.3) is 0 Å². The van der Waals surface area contributed by atoms with Gasteiger partial charge in [0.05, 0.1) is 0 Å². The van der Waals surface area contributed by atoms with Gasteiger partial charge in [0, 0.05) is 23.8 Å². The highest BCUT2D eigenvalue weighted by Crippen LogP contribution is 2.21. The fraction of sp³-hybridized carbons (Fsp3) is 0.500. The molecule has 1 saturated heterocycles. The fourth-order valence-corrected chi connectivity index (χ4v) is 2.74. The lowest BCUT2D eigenvalue weighted by Gasteiger charge is -2.24. The van der Waals surface area contributed by atoms with Crippen LogP contribution in [-0.4, -0.2) is 48.1 Å². The quantitative estimate of drug-likeness (QED) is 0.710. The zero-order valence-corrected chi connectivity index (χ0v) is 15.6. The Hall–Kier alpha value is -2.78. The number of hydrogen-bond acceptors (Lipinski definition) is 3. The smallest absolute Gasteiger partial charge is 0.345 e. The molecule has 1 aromatic carbocycles. The molecule has 154 valence electrons. The maximum absolute atomic E-state index is 12.5. The molecule has 2 rings (SSSR count). The second-order valence-corrected chi connectivity index (χ2v) is 6.84. The molecule has 4 amide bonds. The summed E-state index contributed by atoms with van der Waals surface area (Å²) < 4.78 is 36.9. The maximum atomic E-state index is 12.5. The van der Waals surface area contributed by atoms with E-state index < -0.39 is 30.7 Å². The van der Waals surface area contributed by atoms with Gasteiger partial charge in [-0.3, -0.25) is 9.59 Å². The Labute approximate surface area is 160 Å². The molecule has 0 aliphatic carbocycles. The monoisotopic (exact) mass is 400 g/mol. The third-order valence-corrected chi connectivity index (χ3v) is 4.19. The van der Waals surface area contributed by atoms with Crippen LogP contribution >= 0.6 is 0 Å². The van der Waals surface area contributed by atoms with E-state index in [1.807, 2.05) is 5.32 Å². The lowest BCUT2D eigenvalue weighted by atomic mass is 10.2. The van der Waals surface area contributed by atoms with Crippen LogP contribution in [0, 0.1) is 5.92 Å². The molecule has 0 bridgehead atoms. The molecule has 1 aliphatic rings. The average Bonchev–Trinajstić information content (AvgIpc) is 3.09. The molecule has 1 fully saturated rings. The highest BCUT2D eigenvalue weighted by atomic mass is 19.4. The predicted molar refractivity (Wildman–Crippen MR) is 97.7 cm³/mol. The Morgan fingerprint density at radius 2 is 1.82 bits per heavy atom. The highest BCUT2D eigenvalue weighted by Gasteiger charge is 2.36. The number of rotatable bonds is 5. The van der Waals surface area contributed by atoms with E-state index in [9.17, 15) is 27.6 Å². The molecule has 1 unspecified atom stereocenters. The molecular formula is C18H23F3N4O3. The van der Waals surface area contributed by atoms with Crippen molar-refractivity contribution < 1.29 is 27.6 Å². The summed E-state index contributed by atoms with van der Waals surface area (Å²) in [4.78, 5) is 37.5. The van der Waals surface area contributed by atoms with Crippen molar-refractivity contribution in [1.82, 2.24) is 10.2 Å². The van der Waals surface area contributed by atoms with Gasteiger partial charge in [0.2, 0.25) is 11.8 Å². The molecular weight excluding hydrogens is 377 g/mol. The lowest BCUT2D eigenvalue weighted by molar-refractivity contribution is -0.140. The van der Waals surface area contributed by atoms with Crippen molar-refractivity contribution in [1.29, 1.82) is 0 Å². The minimum Gasteiger partial charge on any atom is -0.345 e. The second kappa shape index (κ2) is 8.94. The van der Waals surface area contributed by atoms with Crippen LogP contribution in [0.15, 0.2) is 24.3 Å². The van der Waals surface area contributed by atoms with E-state index in [-0.39, 0.29) is 18.4 Å². The molecule has 0 saturated carbocycles. The van der Waals surface area contributed by atoms with Gasteiger partial charge < -0.3 is 20.9 Å². The van der Waals surface area contributed by atoms with E-state index in [1.165, 1.54) is 4.90 Å². The molecule has 1 heterocycles. The van der Waals surface area contributed by atoms with Gasteiger partial charge in [0.1, 0.15) is 12.6 Å². The zero-order chi connectivity index (χ0) is 20.9. The normalized spacial score (nSPS) is 16.8. The van der Waals surface area contributed by atoms with Crippen molar-refractivity contribution in [2.24, 2.45) is 5.92 Å². The number of hydrogen-bond donors (Lipinski definition) is 3. The van der Waals surface area contributed by atoms with Crippen molar-refractivity contribution in [3.8, 4) is 0 Å². The third kappa shape index (κ3) is 6.14. The summed E-state index contributed by atoms with van der Waals surface area (Å²) in [6.07, 6.45) is -3.70. The summed E-state index contributed by atoms with van der Waals surface area (Å²) >= 11 is 0. The Morgan fingerprint density at radius 3 is 2.43 bits per heavy atom. The Balaban J connectivity index is 1.99. The van der Waals surface area contributed by atoms with E-state index >= 15 is 0 Å². The van der Waals surface area contributed by atoms with Crippen LogP contribution in [0.3, 0.4) is 0 Å². The Morgan fingerprint density at radius 1 is 1.18 bits per heavy atom. The number of nitrogens with one attached hydrogen (secondary N) is 3. The Bertz CT molecular complexity index is 737. The first-order valence-electron chi connectivity index (χ1n) is 8.90. The topological polar surface area (TPSA) is 90.5 Å². The second-order valence-electron chi connectivity index (χ2n) is 6.84. The van der Waals surface area contributed by atoms with Gasteiger partial charge in [-0.25, -0.2) is 4.79 Å². The van der Waals surface area contributed by atoms with Gasteiger partial charge in [0.25, 0.3) is 0 Å². The maximum Gasteiger partial charge on any atom is 0.405 e. The van der Waals surface area contributed by atoms with E-state index in [0.717, 1.165) is 0 Å². The van der Waals surface area contributed by atoms with Gasteiger partial charge in [-0.05, 0) is 31.0 Å². The molecule has 28 heavy (non-hydrogen) atoms. The molecule has 0 aromatic heterocycles. The van der Waals surface area contributed by atoms with Gasteiger partial charge in [-0.2, -0.15) is 13.2 Å². The minimum absolute atomic E-state index is 0.176. The van der Waals surface area contributed by atoms with Crippen LogP contribution in [0.4, 0.5) is 29.3 Å². The summed E-state index contributed by atoms with van der Waals surface area (Å²) in [6, 6.07) is 4.94. The van der Waals surface area contributed by atoms with Crippen LogP contribution in [0.2, 0.25) is 0 Å². The number of urea groups is 1. The first-order chi connectivity index (χ1) is 13.1. The highest BCUT2D eigenvalue weighted by molar-refractivity contribution is 5.96. The van der Waals surface area contributed by atoms with Gasteiger partial charge in [-0.15, -0.1) is 0 Å². The van der Waals surface area contributed by atoms with Crippen LogP contribution < -0.4 is 16.0 Å². The van der Waals surface area contributed by atoms with Crippen LogP contribution in [-0.2, 0) is 9.59 Å². The van der Waals surface area contributed by atoms with Crippen LogP contribution in [0.1, 0.15) is 26.7 Å². The van der Waals surface area contributed by atoms with E-state index in [1.54, 1.807) is 38.1 Å². The summed E-state index contributed by atoms with van der Waals surface area (Å²) in [7, 11) is 0. The fourth-order valence-electron chi connectivity index (χ4n) is 2.74. The molecule has 10 heteroatoms. The zero-order valence-electron chi connectivity index (χ0n) is 15.6. The average molecular weight is 400 g/mol. The van der Waals surface area contributed by atoms with Crippen molar-refractivity contribution in [3.05, 3.63) is 24.3 Å². The summed E-state index contributed by atoms with van der Waals surface area (Å²) in [6.45, 7) is 2.33. The lowest BCUT2D eigenvalue weighted by Crippen LogP contribution is -2.49. The molecule has 3 N–H and O–H groups in total. The molecule has 1 aliphatic heterocycles. The van der Waals surface area contributed by atoms with E-state index in [2.05, 4.69) is 10.6 Å². The number of carbonyl (C=O) groups is 3. The van der Waals surface area contributed by atoms with E-state index in [4.69, 9.17) is 0 Å². The van der Waals surface area contributed by atoms with Crippen LogP contribution in [0.5, 0.6) is 0 Å². The van der Waals surface area contributed by atoms with Crippen molar-refractivity contribution in [2.75, 3.05) is 23.7 Å². The van der Waals surface area contributed by atoms with Gasteiger partial charge in [0.15, 0.2) is 0 Å². The number of alkyl halides is 3. The van der Waals surface area contributed by atoms with Crippen molar-refractivity contribution in [2.45, 2.75) is 38.9 Å². The number of halogens is 3. The molecule has 0 spiro atoms. The van der Waals surface area contributed by atoms with Crippen molar-refractivity contribution >= 4 is 29.2 Å². The number of carbonyl (C=O) groups excluding carboxylic acids is 3. The minimum atomic E-state index is -4.51. The van der Waals surface area contributed by atoms with Gasteiger partial charge >= 0.3 is 12.2 Å². The first-order valence-corrected chi connectivity index (χ1v) is 8.90. The summed E-state index contributed by atoms with van der Waals surface area (Å²) in [5.74, 6) is -1.22. The Kier molecular flexibility index (Phi) is 6.87. The summed E-state index contributed by atoms with van der Waals surface area (Å²) in [5, 5.41) is 7.15. The molecule has 7 nitrogen and oxygen atoms in total. The molecule has 1 atom stereocenters. The number of amides is 4. The largest absolute Gasteiger partial charge is 0.405 e. The summed E-state index contributed by atoms with van der Waals surface area (Å²) in [5.41, 5.74) is 0.894. The van der Waals surface area contributed by atoms with E-state index in [0.29, 0.717) is 24.2 Å². The number of nitrogens with zero attached hydrogens (tertiary/aromatic N) is 1. The molecule has 1 aromatic rings. The number of benzene rings is 1. The standard InChI is InChI=1S/C18H23F3N4O3/c1-11(2)15(26)23-12-5-3-6-13(9-12)24-17(28)25-8-4-7-14(25)16(27)22-10-18(19,20)21/h3,5-6,9,11,14H,4,7-8,10H2,1-2H3,(H,22,27)(H,23,26)(H,24,28). The third-order valence-electron chi connectivity index (χ3n) is 4.19. The SMILES string of the molecule is CC(C)C(=O)Nc1cccc(NC(=O)N2CCCC2C(=O)NCC(F)(F)F)c1. The number of anilines is 2. The number of likely N-dealkylation sites (tertiary alicyclic amines) is 1. The molecule has 0 radical (unpaired) electrons. The first kappa shape index (κ1) is 21.5. The van der Waals surface area contributed by atoms with Crippen molar-refractivity contribution in [3.63, 3.8) is 0 Å². The predicted octanol–water partition coefficient (Wildman–Crippen LogP) is 2.96. The van der Waals surface area contributed by atoms with Gasteiger partial charge in [-0.1, -0.05) is 19.9 Å².